The van der Waals surface area contributed by atoms with E-state index in [0.29, 0.717) is 16.2 Å². The van der Waals surface area contributed by atoms with Gasteiger partial charge in [-0.15, -0.1) is 0 Å². The van der Waals surface area contributed by atoms with Gasteiger partial charge in [0.2, 0.25) is 0 Å². The first-order chi connectivity index (χ1) is 13.8. The summed E-state index contributed by atoms with van der Waals surface area (Å²) >= 11 is 8.81. The van der Waals surface area contributed by atoms with Crippen LogP contribution in [0, 0.1) is 5.82 Å². The van der Waals surface area contributed by atoms with Crippen LogP contribution in [0.3, 0.4) is 0 Å². The molecule has 3 aromatic carbocycles. The molecule has 4 N–H and O–H groups in total. The fourth-order valence-electron chi connectivity index (χ4n) is 2.88. The molecule has 1 amide bonds. The molecular formula is C22H19BrFN3OS. The van der Waals surface area contributed by atoms with Crippen LogP contribution in [0.15, 0.2) is 71.2 Å². The lowest BCUT2D eigenvalue weighted by molar-refractivity contribution is 0.0996. The fraction of sp³-hybridized carbons (Fsp3) is 0.0909. The number of nitrogens with two attached hydrogens (primary N) is 1. The highest BCUT2D eigenvalue weighted by atomic mass is 79.9. The van der Waals surface area contributed by atoms with E-state index in [1.54, 1.807) is 36.4 Å². The number of carbonyl (C=O) groups excluding carboxylic acids is 1. The average molecular weight is 472 g/mol. The summed E-state index contributed by atoms with van der Waals surface area (Å²) in [5, 5.41) is 6.83. The van der Waals surface area contributed by atoms with Crippen molar-refractivity contribution in [1.29, 1.82) is 0 Å². The molecule has 0 aromatic heterocycles. The Morgan fingerprint density at radius 2 is 1.72 bits per heavy atom. The number of halogens is 2. The van der Waals surface area contributed by atoms with E-state index in [4.69, 9.17) is 18.0 Å². The predicted octanol–water partition coefficient (Wildman–Crippen LogP) is 5.40. The van der Waals surface area contributed by atoms with Crippen molar-refractivity contribution < 1.29 is 9.18 Å². The van der Waals surface area contributed by atoms with Gasteiger partial charge in [0.25, 0.3) is 5.91 Å². The van der Waals surface area contributed by atoms with E-state index in [1.807, 2.05) is 31.2 Å². The van der Waals surface area contributed by atoms with Gasteiger partial charge in [0.1, 0.15) is 5.82 Å². The second-order valence-electron chi connectivity index (χ2n) is 6.48. The Kier molecular flexibility index (Phi) is 6.61. The normalized spacial score (nSPS) is 11.6. The minimum absolute atomic E-state index is 0.0352. The summed E-state index contributed by atoms with van der Waals surface area (Å²) in [6.07, 6.45) is 0. The van der Waals surface area contributed by atoms with E-state index in [9.17, 15) is 9.18 Å². The Morgan fingerprint density at radius 3 is 2.34 bits per heavy atom. The maximum atomic E-state index is 14.5. The van der Waals surface area contributed by atoms with Crippen LogP contribution in [0.2, 0.25) is 0 Å². The third-order valence-corrected chi connectivity index (χ3v) is 5.18. The Bertz CT molecular complexity index is 1040. The summed E-state index contributed by atoms with van der Waals surface area (Å²) in [5.74, 6) is -1.42. The molecule has 0 fully saturated rings. The number of nitrogens with one attached hydrogen (secondary N) is 2. The standard InChI is InChI=1S/C22H19BrFN3OS/c1-13(14-5-9-16(23)10-6-14)26-22(29)27-17-11-7-15(8-12-17)18-3-2-4-19(20(18)24)21(25)28/h2-13H,1H3,(H2,25,28)(H2,26,27,29). The van der Waals surface area contributed by atoms with E-state index < -0.39 is 11.7 Å². The number of amides is 1. The van der Waals surface area contributed by atoms with Crippen LogP contribution in [0.25, 0.3) is 11.1 Å². The summed E-state index contributed by atoms with van der Waals surface area (Å²) in [4.78, 5) is 11.3. The lowest BCUT2D eigenvalue weighted by Crippen LogP contribution is -2.30. The third kappa shape index (κ3) is 5.19. The zero-order valence-corrected chi connectivity index (χ0v) is 18.0. The second kappa shape index (κ2) is 9.15. The van der Waals surface area contributed by atoms with Crippen LogP contribution in [0.1, 0.15) is 28.9 Å². The molecule has 3 aromatic rings. The number of primary amides is 1. The van der Waals surface area contributed by atoms with Gasteiger partial charge in [0.05, 0.1) is 11.6 Å². The van der Waals surface area contributed by atoms with Gasteiger partial charge in [0, 0.05) is 15.7 Å². The number of hydrogen-bond acceptors (Lipinski definition) is 2. The van der Waals surface area contributed by atoms with Crippen LogP contribution in [0.5, 0.6) is 0 Å². The Morgan fingerprint density at radius 1 is 1.07 bits per heavy atom. The van der Waals surface area contributed by atoms with E-state index in [2.05, 4.69) is 26.6 Å². The summed E-state index contributed by atoms with van der Waals surface area (Å²) in [7, 11) is 0. The van der Waals surface area contributed by atoms with E-state index in [0.717, 1.165) is 15.7 Å². The fourth-order valence-corrected chi connectivity index (χ4v) is 3.44. The van der Waals surface area contributed by atoms with Crippen molar-refractivity contribution in [2.45, 2.75) is 13.0 Å². The molecule has 0 bridgehead atoms. The van der Waals surface area contributed by atoms with E-state index in [1.165, 1.54) is 6.07 Å². The summed E-state index contributed by atoms with van der Waals surface area (Å²) in [6, 6.07) is 19.7. The molecule has 7 heteroatoms. The number of thiocarbonyl (C=S) groups is 1. The van der Waals surface area contributed by atoms with Crippen molar-refractivity contribution in [2.75, 3.05) is 5.32 Å². The van der Waals surface area contributed by atoms with Crippen molar-refractivity contribution in [1.82, 2.24) is 5.32 Å². The van der Waals surface area contributed by atoms with Gasteiger partial charge in [-0.05, 0) is 60.6 Å². The zero-order valence-electron chi connectivity index (χ0n) is 15.6. The number of hydrogen-bond donors (Lipinski definition) is 3. The molecular weight excluding hydrogens is 453 g/mol. The SMILES string of the molecule is CC(NC(=S)Nc1ccc(-c2cccc(C(N)=O)c2F)cc1)c1ccc(Br)cc1. The first-order valence-electron chi connectivity index (χ1n) is 8.87. The molecule has 4 nitrogen and oxygen atoms in total. The predicted molar refractivity (Wildman–Crippen MR) is 122 cm³/mol. The Balaban J connectivity index is 1.68. The molecule has 0 saturated heterocycles. The number of carbonyl (C=O) groups is 1. The topological polar surface area (TPSA) is 67.2 Å². The van der Waals surface area contributed by atoms with Crippen molar-refractivity contribution in [2.24, 2.45) is 5.73 Å². The molecule has 1 unspecified atom stereocenters. The van der Waals surface area contributed by atoms with Gasteiger partial charge >= 0.3 is 0 Å². The third-order valence-electron chi connectivity index (χ3n) is 4.44. The van der Waals surface area contributed by atoms with Crippen molar-refractivity contribution in [3.8, 4) is 11.1 Å². The van der Waals surface area contributed by atoms with E-state index in [-0.39, 0.29) is 11.6 Å². The van der Waals surface area contributed by atoms with Crippen molar-refractivity contribution in [3.63, 3.8) is 0 Å². The highest BCUT2D eigenvalue weighted by Gasteiger charge is 2.13. The first kappa shape index (κ1) is 21.0. The summed E-state index contributed by atoms with van der Waals surface area (Å²) in [6.45, 7) is 2.02. The minimum atomic E-state index is -0.793. The molecule has 0 aliphatic carbocycles. The minimum Gasteiger partial charge on any atom is -0.366 e. The van der Waals surface area contributed by atoms with Crippen LogP contribution in [-0.4, -0.2) is 11.0 Å². The molecule has 29 heavy (non-hydrogen) atoms. The van der Waals surface area contributed by atoms with Gasteiger partial charge in [-0.1, -0.05) is 52.3 Å². The van der Waals surface area contributed by atoms with Gasteiger partial charge in [-0.3, -0.25) is 4.79 Å². The molecule has 148 valence electrons. The monoisotopic (exact) mass is 471 g/mol. The lowest BCUT2D eigenvalue weighted by Gasteiger charge is -2.17. The van der Waals surface area contributed by atoms with Crippen molar-refractivity contribution in [3.05, 3.63) is 88.1 Å². The van der Waals surface area contributed by atoms with Gasteiger partial charge < -0.3 is 16.4 Å². The second-order valence-corrected chi connectivity index (χ2v) is 7.80. The number of rotatable bonds is 5. The highest BCUT2D eigenvalue weighted by molar-refractivity contribution is 9.10. The molecule has 0 aliphatic rings. The molecule has 3 rings (SSSR count). The molecule has 0 aliphatic heterocycles. The Hall–Kier alpha value is -2.77. The highest BCUT2D eigenvalue weighted by Crippen LogP contribution is 2.26. The van der Waals surface area contributed by atoms with Gasteiger partial charge in [-0.25, -0.2) is 4.39 Å². The molecule has 0 saturated carbocycles. The molecule has 0 spiro atoms. The number of benzene rings is 3. The largest absolute Gasteiger partial charge is 0.366 e. The molecule has 1 atom stereocenters. The summed E-state index contributed by atoms with van der Waals surface area (Å²) in [5.41, 5.74) is 7.92. The van der Waals surface area contributed by atoms with Gasteiger partial charge in [0.15, 0.2) is 5.11 Å². The van der Waals surface area contributed by atoms with Crippen LogP contribution in [0.4, 0.5) is 10.1 Å². The van der Waals surface area contributed by atoms with Crippen LogP contribution in [-0.2, 0) is 0 Å². The molecule has 0 heterocycles. The lowest BCUT2D eigenvalue weighted by atomic mass is 10.0. The van der Waals surface area contributed by atoms with Crippen LogP contribution < -0.4 is 16.4 Å². The van der Waals surface area contributed by atoms with Gasteiger partial charge in [-0.2, -0.15) is 0 Å². The summed E-state index contributed by atoms with van der Waals surface area (Å²) < 4.78 is 15.5. The van der Waals surface area contributed by atoms with Crippen molar-refractivity contribution >= 4 is 44.9 Å². The maximum Gasteiger partial charge on any atom is 0.251 e. The number of anilines is 1. The average Bonchev–Trinajstić information content (AvgIpc) is 2.69. The molecule has 0 radical (unpaired) electrons. The van der Waals surface area contributed by atoms with Crippen LogP contribution >= 0.6 is 28.1 Å². The first-order valence-corrected chi connectivity index (χ1v) is 10.1. The zero-order chi connectivity index (χ0) is 21.0. The quantitative estimate of drug-likeness (QED) is 0.435. The Labute approximate surface area is 182 Å². The maximum absolute atomic E-state index is 14.5. The van der Waals surface area contributed by atoms with E-state index >= 15 is 0 Å². The smallest absolute Gasteiger partial charge is 0.251 e.